The summed E-state index contributed by atoms with van der Waals surface area (Å²) in [5.41, 5.74) is 2.17. The van der Waals surface area contributed by atoms with Crippen LogP contribution in [0.4, 0.5) is 20.3 Å². The molecule has 3 aromatic rings. The Morgan fingerprint density at radius 3 is 2.47 bits per heavy atom. The number of benzene rings is 1. The van der Waals surface area contributed by atoms with Gasteiger partial charge in [-0.25, -0.2) is 18.7 Å². The molecule has 156 valence electrons. The van der Waals surface area contributed by atoms with Crippen molar-refractivity contribution in [3.8, 4) is 0 Å². The maximum Gasteiger partial charge on any atom is 0.261 e. The molecule has 1 aliphatic carbocycles. The summed E-state index contributed by atoms with van der Waals surface area (Å²) >= 11 is 0. The van der Waals surface area contributed by atoms with Crippen LogP contribution in [0.3, 0.4) is 0 Å². The monoisotopic (exact) mass is 412 g/mol. The van der Waals surface area contributed by atoms with Crippen LogP contribution in [0.15, 0.2) is 41.7 Å². The number of piperazine rings is 1. The van der Waals surface area contributed by atoms with Crippen LogP contribution in [0.1, 0.15) is 24.5 Å². The average molecular weight is 412 g/mol. The van der Waals surface area contributed by atoms with E-state index < -0.39 is 18.5 Å². The summed E-state index contributed by atoms with van der Waals surface area (Å²) in [7, 11) is 0. The lowest BCUT2D eigenvalue weighted by atomic mass is 10.2. The van der Waals surface area contributed by atoms with Crippen LogP contribution in [0.5, 0.6) is 0 Å². The molecule has 0 amide bonds. The van der Waals surface area contributed by atoms with Gasteiger partial charge in [0.1, 0.15) is 0 Å². The number of rotatable bonds is 5. The average Bonchev–Trinajstić information content (AvgIpc) is 3.61. The van der Waals surface area contributed by atoms with Crippen molar-refractivity contribution in [2.45, 2.75) is 31.7 Å². The highest BCUT2D eigenvalue weighted by Crippen LogP contribution is 2.42. The smallest absolute Gasteiger partial charge is 0.261 e. The molecule has 1 saturated heterocycles. The zero-order chi connectivity index (χ0) is 20.7. The van der Waals surface area contributed by atoms with E-state index in [1.807, 2.05) is 12.1 Å². The van der Waals surface area contributed by atoms with Crippen LogP contribution < -0.4 is 15.4 Å². The van der Waals surface area contributed by atoms with E-state index in [9.17, 15) is 13.6 Å². The predicted octanol–water partition coefficient (Wildman–Crippen LogP) is 2.66. The van der Waals surface area contributed by atoms with Crippen LogP contribution in [0.25, 0.3) is 10.9 Å². The number of hydrogen-bond acceptors (Lipinski definition) is 6. The number of alkyl halides is 2. The lowest BCUT2D eigenvalue weighted by Crippen LogP contribution is -2.47. The lowest BCUT2D eigenvalue weighted by molar-refractivity contribution is 0.125. The zero-order valence-electron chi connectivity index (χ0n) is 16.4. The number of halogens is 2. The van der Waals surface area contributed by atoms with Gasteiger partial charge in [0.15, 0.2) is 5.82 Å². The molecule has 0 N–H and O–H groups in total. The minimum Gasteiger partial charge on any atom is -0.368 e. The minimum absolute atomic E-state index is 0.356. The maximum atomic E-state index is 12.6. The molecule has 2 fully saturated rings. The predicted molar refractivity (Wildman–Crippen MR) is 110 cm³/mol. The Morgan fingerprint density at radius 2 is 1.73 bits per heavy atom. The quantitative estimate of drug-likeness (QED) is 0.642. The molecule has 0 atom stereocenters. The van der Waals surface area contributed by atoms with Gasteiger partial charge < -0.3 is 9.80 Å². The van der Waals surface area contributed by atoms with Crippen LogP contribution in [0.2, 0.25) is 0 Å². The van der Waals surface area contributed by atoms with Gasteiger partial charge >= 0.3 is 0 Å². The third-order valence-electron chi connectivity index (χ3n) is 5.76. The molecule has 0 bridgehead atoms. The highest BCUT2D eigenvalue weighted by Gasteiger charge is 2.31. The first kappa shape index (κ1) is 18.9. The first-order valence-electron chi connectivity index (χ1n) is 10.2. The van der Waals surface area contributed by atoms with Crippen molar-refractivity contribution < 1.29 is 8.78 Å². The molecule has 1 aliphatic heterocycles. The third-order valence-corrected chi connectivity index (χ3v) is 5.76. The van der Waals surface area contributed by atoms with Crippen molar-refractivity contribution in [2.24, 2.45) is 0 Å². The fraction of sp³-hybridized carbons (Fsp3) is 0.429. The van der Waals surface area contributed by atoms with E-state index in [0.29, 0.717) is 16.8 Å². The van der Waals surface area contributed by atoms with Gasteiger partial charge in [-0.05, 0) is 31.0 Å². The van der Waals surface area contributed by atoms with Crippen molar-refractivity contribution in [3.63, 3.8) is 0 Å². The second kappa shape index (κ2) is 7.62. The highest BCUT2D eigenvalue weighted by molar-refractivity contribution is 5.81. The summed E-state index contributed by atoms with van der Waals surface area (Å²) in [6, 6.07) is 5.41. The fourth-order valence-corrected chi connectivity index (χ4v) is 4.03. The van der Waals surface area contributed by atoms with Gasteiger partial charge in [-0.15, -0.1) is 0 Å². The SMILES string of the molecule is O=c1c2ccc(N3CCN(c4nccnc4C4CC4)CC3)cc2ncn1CC(F)F. The molecule has 9 heteroatoms. The molecule has 5 rings (SSSR count). The molecule has 0 spiro atoms. The van der Waals surface area contributed by atoms with Crippen LogP contribution >= 0.6 is 0 Å². The number of fused-ring (bicyclic) bond motifs is 1. The minimum atomic E-state index is -2.59. The maximum absolute atomic E-state index is 12.6. The van der Waals surface area contributed by atoms with E-state index in [1.165, 1.54) is 19.2 Å². The molecule has 0 radical (unpaired) electrons. The van der Waals surface area contributed by atoms with Crippen molar-refractivity contribution >= 4 is 22.4 Å². The molecule has 3 heterocycles. The second-order valence-electron chi connectivity index (χ2n) is 7.81. The Hall–Kier alpha value is -3.10. The number of nitrogens with zero attached hydrogens (tertiary/aromatic N) is 6. The van der Waals surface area contributed by atoms with Crippen molar-refractivity contribution in [1.82, 2.24) is 19.5 Å². The first-order valence-corrected chi connectivity index (χ1v) is 10.2. The summed E-state index contributed by atoms with van der Waals surface area (Å²) < 4.78 is 26.2. The van der Waals surface area contributed by atoms with Crippen LogP contribution in [0, 0.1) is 0 Å². The molecule has 1 aromatic carbocycles. The summed E-state index contributed by atoms with van der Waals surface area (Å²) in [6.45, 7) is 2.65. The summed E-state index contributed by atoms with van der Waals surface area (Å²) in [5, 5.41) is 0.356. The Bertz CT molecular complexity index is 1120. The fourth-order valence-electron chi connectivity index (χ4n) is 4.03. The molecular weight excluding hydrogens is 390 g/mol. The molecule has 2 aromatic heterocycles. The number of aromatic nitrogens is 4. The van der Waals surface area contributed by atoms with Gasteiger partial charge in [0.2, 0.25) is 0 Å². The molecule has 30 heavy (non-hydrogen) atoms. The standard InChI is InChI=1S/C21H22F2N6O/c22-18(23)12-29-13-26-17-11-15(3-4-16(17)21(29)30)27-7-9-28(10-8-27)20-19(14-1-2-14)24-5-6-25-20/h3-6,11,13-14,18H,1-2,7-10,12H2. The Labute approximate surface area is 172 Å². The van der Waals surface area contributed by atoms with Crippen LogP contribution in [-0.2, 0) is 6.54 Å². The molecule has 2 aliphatic rings. The van der Waals surface area contributed by atoms with Gasteiger partial charge in [-0.1, -0.05) is 0 Å². The summed E-state index contributed by atoms with van der Waals surface area (Å²) in [4.78, 5) is 30.3. The molecule has 7 nitrogen and oxygen atoms in total. The van der Waals surface area contributed by atoms with Gasteiger partial charge in [0, 0.05) is 50.2 Å². The van der Waals surface area contributed by atoms with Gasteiger partial charge in [0.05, 0.1) is 29.5 Å². The largest absolute Gasteiger partial charge is 0.368 e. The summed E-state index contributed by atoms with van der Waals surface area (Å²) in [6.07, 6.45) is 4.51. The second-order valence-corrected chi connectivity index (χ2v) is 7.81. The number of hydrogen-bond donors (Lipinski definition) is 0. The normalized spacial score (nSPS) is 17.2. The lowest BCUT2D eigenvalue weighted by Gasteiger charge is -2.37. The molecule has 1 saturated carbocycles. The van der Waals surface area contributed by atoms with Crippen molar-refractivity contribution in [3.05, 3.63) is 53.0 Å². The van der Waals surface area contributed by atoms with Crippen molar-refractivity contribution in [2.75, 3.05) is 36.0 Å². The van der Waals surface area contributed by atoms with Crippen LogP contribution in [-0.4, -0.2) is 52.1 Å². The van der Waals surface area contributed by atoms with Gasteiger partial charge in [0.25, 0.3) is 12.0 Å². The Morgan fingerprint density at radius 1 is 1.00 bits per heavy atom. The van der Waals surface area contributed by atoms with E-state index in [4.69, 9.17) is 0 Å². The van der Waals surface area contributed by atoms with E-state index in [2.05, 4.69) is 24.8 Å². The first-order chi connectivity index (χ1) is 14.6. The zero-order valence-corrected chi connectivity index (χ0v) is 16.4. The van der Waals surface area contributed by atoms with E-state index in [-0.39, 0.29) is 0 Å². The number of anilines is 2. The third kappa shape index (κ3) is 3.59. The molecular formula is C21H22F2N6O. The topological polar surface area (TPSA) is 67.2 Å². The Kier molecular flexibility index (Phi) is 4.80. The van der Waals surface area contributed by atoms with Gasteiger partial charge in [-0.2, -0.15) is 0 Å². The van der Waals surface area contributed by atoms with E-state index in [0.717, 1.165) is 47.9 Å². The van der Waals surface area contributed by atoms with E-state index in [1.54, 1.807) is 18.5 Å². The van der Waals surface area contributed by atoms with Crippen molar-refractivity contribution in [1.29, 1.82) is 0 Å². The Balaban J connectivity index is 1.33. The van der Waals surface area contributed by atoms with E-state index >= 15 is 0 Å². The summed E-state index contributed by atoms with van der Waals surface area (Å²) in [5.74, 6) is 1.55. The highest BCUT2D eigenvalue weighted by atomic mass is 19.3. The molecule has 0 unspecified atom stereocenters. The van der Waals surface area contributed by atoms with Gasteiger partial charge in [-0.3, -0.25) is 14.3 Å².